The second-order valence-corrected chi connectivity index (χ2v) is 3.86. The molecule has 1 N–H and O–H groups in total. The van der Waals surface area contributed by atoms with Gasteiger partial charge in [0.05, 0.1) is 0 Å². The van der Waals surface area contributed by atoms with Gasteiger partial charge in [-0.1, -0.05) is 18.2 Å². The van der Waals surface area contributed by atoms with Gasteiger partial charge in [-0.2, -0.15) is 0 Å². The Bertz CT molecular complexity index is 327. The number of anilines is 1. The molecule has 0 aromatic heterocycles. The van der Waals surface area contributed by atoms with E-state index in [2.05, 4.69) is 22.3 Å². The first kappa shape index (κ1) is 10.4. The van der Waals surface area contributed by atoms with Crippen molar-refractivity contribution < 1.29 is 4.39 Å². The van der Waals surface area contributed by atoms with Crippen molar-refractivity contribution in [1.82, 2.24) is 5.32 Å². The average Bonchev–Trinajstić information content (AvgIpc) is 2.30. The molecule has 0 radical (unpaired) electrons. The highest BCUT2D eigenvalue weighted by molar-refractivity contribution is 5.56. The Kier molecular flexibility index (Phi) is 3.21. The molecule has 0 fully saturated rings. The summed E-state index contributed by atoms with van der Waals surface area (Å²) in [5, 5.41) is 3.30. The summed E-state index contributed by atoms with van der Waals surface area (Å²) in [7, 11) is 1.98. The van der Waals surface area contributed by atoms with E-state index in [9.17, 15) is 4.39 Å². The first-order chi connectivity index (χ1) is 7.36. The van der Waals surface area contributed by atoms with Gasteiger partial charge in [-0.25, -0.2) is 4.39 Å². The highest BCUT2D eigenvalue weighted by atomic mass is 19.1. The van der Waals surface area contributed by atoms with Crippen molar-refractivity contribution >= 4 is 5.69 Å². The minimum atomic E-state index is -0.279. The van der Waals surface area contributed by atoms with E-state index in [1.165, 1.54) is 11.3 Å². The molecule has 3 heteroatoms. The number of para-hydroxylation sites is 1. The maximum atomic E-state index is 12.4. The Morgan fingerprint density at radius 2 is 2.27 bits per heavy atom. The lowest BCUT2D eigenvalue weighted by Crippen LogP contribution is -2.36. The summed E-state index contributed by atoms with van der Waals surface area (Å²) in [5.74, 6) is 0. The highest BCUT2D eigenvalue weighted by Crippen LogP contribution is 2.32. The Labute approximate surface area is 90.1 Å². The van der Waals surface area contributed by atoms with E-state index in [1.54, 1.807) is 0 Å². The molecule has 1 aliphatic heterocycles. The van der Waals surface area contributed by atoms with Crippen molar-refractivity contribution in [3.8, 4) is 0 Å². The van der Waals surface area contributed by atoms with Crippen molar-refractivity contribution in [1.29, 1.82) is 0 Å². The van der Waals surface area contributed by atoms with E-state index in [4.69, 9.17) is 0 Å². The Morgan fingerprint density at radius 1 is 1.47 bits per heavy atom. The molecular weight excluding hydrogens is 191 g/mol. The van der Waals surface area contributed by atoms with Gasteiger partial charge in [0.25, 0.3) is 0 Å². The predicted octanol–water partition coefficient (Wildman–Crippen LogP) is 2.13. The van der Waals surface area contributed by atoms with Crippen LogP contribution in [0.25, 0.3) is 0 Å². The summed E-state index contributed by atoms with van der Waals surface area (Å²) in [6.07, 6.45) is 1.05. The molecule has 1 aromatic carbocycles. The fourth-order valence-electron chi connectivity index (χ4n) is 2.27. The molecule has 82 valence electrons. The molecule has 0 amide bonds. The van der Waals surface area contributed by atoms with Crippen LogP contribution in [0.1, 0.15) is 18.0 Å². The van der Waals surface area contributed by atoms with Gasteiger partial charge in [-0.3, -0.25) is 0 Å². The van der Waals surface area contributed by atoms with Crippen LogP contribution in [0.15, 0.2) is 24.3 Å². The third-order valence-electron chi connectivity index (χ3n) is 3.04. The van der Waals surface area contributed by atoms with Crippen LogP contribution >= 0.6 is 0 Å². The lowest BCUT2D eigenvalue weighted by Gasteiger charge is -2.35. The number of hydrogen-bond donors (Lipinski definition) is 1. The molecule has 0 spiro atoms. The third-order valence-corrected chi connectivity index (χ3v) is 3.04. The fourth-order valence-corrected chi connectivity index (χ4v) is 2.27. The van der Waals surface area contributed by atoms with Gasteiger partial charge in [-0.15, -0.1) is 0 Å². The summed E-state index contributed by atoms with van der Waals surface area (Å²) >= 11 is 0. The van der Waals surface area contributed by atoms with Crippen molar-refractivity contribution in [2.45, 2.75) is 12.5 Å². The van der Waals surface area contributed by atoms with Crippen molar-refractivity contribution in [3.05, 3.63) is 29.8 Å². The zero-order chi connectivity index (χ0) is 10.7. The molecule has 1 atom stereocenters. The van der Waals surface area contributed by atoms with E-state index in [1.807, 2.05) is 19.2 Å². The first-order valence-corrected chi connectivity index (χ1v) is 5.44. The molecule has 2 rings (SSSR count). The number of alkyl halides is 1. The van der Waals surface area contributed by atoms with E-state index in [-0.39, 0.29) is 6.67 Å². The number of benzene rings is 1. The largest absolute Gasteiger partial charge is 0.369 e. The molecule has 2 nitrogen and oxygen atoms in total. The van der Waals surface area contributed by atoms with Gasteiger partial charge in [0, 0.05) is 24.8 Å². The number of halogens is 1. The van der Waals surface area contributed by atoms with Crippen LogP contribution in [0.2, 0.25) is 0 Å². The van der Waals surface area contributed by atoms with Crippen LogP contribution in [0, 0.1) is 0 Å². The van der Waals surface area contributed by atoms with Crippen LogP contribution < -0.4 is 10.2 Å². The molecular formula is C12H17FN2. The average molecular weight is 208 g/mol. The van der Waals surface area contributed by atoms with Crippen LogP contribution in [-0.4, -0.2) is 26.8 Å². The number of nitrogens with zero attached hydrogens (tertiary/aromatic N) is 1. The van der Waals surface area contributed by atoms with Gasteiger partial charge in [0.2, 0.25) is 0 Å². The van der Waals surface area contributed by atoms with Crippen molar-refractivity contribution in [3.63, 3.8) is 0 Å². The van der Waals surface area contributed by atoms with E-state index in [0.717, 1.165) is 13.0 Å². The Hall–Kier alpha value is -1.09. The lowest BCUT2D eigenvalue weighted by atomic mass is 9.96. The summed E-state index contributed by atoms with van der Waals surface area (Å²) in [5.41, 5.74) is 2.47. The normalized spacial score (nSPS) is 20.1. The highest BCUT2D eigenvalue weighted by Gasteiger charge is 2.22. The van der Waals surface area contributed by atoms with Gasteiger partial charge in [0.1, 0.15) is 6.67 Å². The molecule has 0 bridgehead atoms. The van der Waals surface area contributed by atoms with Crippen LogP contribution in [0.3, 0.4) is 0 Å². The molecule has 0 saturated carbocycles. The number of hydrogen-bond acceptors (Lipinski definition) is 2. The SMILES string of the molecule is CNC1CCN(CCF)c2ccccc21. The Balaban J connectivity index is 2.30. The van der Waals surface area contributed by atoms with E-state index < -0.39 is 0 Å². The topological polar surface area (TPSA) is 15.3 Å². The minimum absolute atomic E-state index is 0.279. The predicted molar refractivity (Wildman–Crippen MR) is 61.0 cm³/mol. The van der Waals surface area contributed by atoms with Crippen molar-refractivity contribution in [2.24, 2.45) is 0 Å². The number of fused-ring (bicyclic) bond motifs is 1. The van der Waals surface area contributed by atoms with Gasteiger partial charge < -0.3 is 10.2 Å². The zero-order valence-electron chi connectivity index (χ0n) is 9.04. The third kappa shape index (κ3) is 1.97. The maximum absolute atomic E-state index is 12.4. The second kappa shape index (κ2) is 4.62. The first-order valence-electron chi connectivity index (χ1n) is 5.44. The molecule has 0 saturated heterocycles. The Morgan fingerprint density at radius 3 is 3.00 bits per heavy atom. The molecule has 1 unspecified atom stereocenters. The van der Waals surface area contributed by atoms with Gasteiger partial charge >= 0.3 is 0 Å². The monoisotopic (exact) mass is 208 g/mol. The molecule has 1 aromatic rings. The second-order valence-electron chi connectivity index (χ2n) is 3.86. The zero-order valence-corrected chi connectivity index (χ0v) is 9.04. The molecule has 0 aliphatic carbocycles. The van der Waals surface area contributed by atoms with Crippen LogP contribution in [0.4, 0.5) is 10.1 Å². The van der Waals surface area contributed by atoms with Crippen molar-refractivity contribution in [2.75, 3.05) is 31.7 Å². The lowest BCUT2D eigenvalue weighted by molar-refractivity contribution is 0.464. The van der Waals surface area contributed by atoms with Gasteiger partial charge in [-0.05, 0) is 25.1 Å². The summed E-state index contributed by atoms with van der Waals surface area (Å²) in [6.45, 7) is 1.17. The van der Waals surface area contributed by atoms with E-state index in [0.29, 0.717) is 12.6 Å². The number of rotatable bonds is 3. The standard InChI is InChI=1S/C12H17FN2/c1-14-11-6-8-15(9-7-13)12-5-3-2-4-10(11)12/h2-5,11,14H,6-9H2,1H3. The van der Waals surface area contributed by atoms with Gasteiger partial charge in [0.15, 0.2) is 0 Å². The van der Waals surface area contributed by atoms with Crippen LogP contribution in [0.5, 0.6) is 0 Å². The molecule has 1 heterocycles. The molecule has 15 heavy (non-hydrogen) atoms. The van der Waals surface area contributed by atoms with Crippen LogP contribution in [-0.2, 0) is 0 Å². The minimum Gasteiger partial charge on any atom is -0.369 e. The quantitative estimate of drug-likeness (QED) is 0.818. The molecule has 1 aliphatic rings. The summed E-state index contributed by atoms with van der Waals surface area (Å²) in [6, 6.07) is 8.68. The summed E-state index contributed by atoms with van der Waals surface area (Å²) in [4.78, 5) is 2.13. The summed E-state index contributed by atoms with van der Waals surface area (Å²) < 4.78 is 12.4. The smallest absolute Gasteiger partial charge is 0.107 e. The fraction of sp³-hybridized carbons (Fsp3) is 0.500. The van der Waals surface area contributed by atoms with E-state index >= 15 is 0 Å². The maximum Gasteiger partial charge on any atom is 0.107 e. The number of nitrogens with one attached hydrogen (secondary N) is 1.